The van der Waals surface area contributed by atoms with Crippen molar-refractivity contribution in [2.75, 3.05) is 4.81 Å². The van der Waals surface area contributed by atoms with Crippen LogP contribution in [0.1, 0.15) is 79.0 Å². The highest BCUT2D eigenvalue weighted by Crippen LogP contribution is 2.54. The first-order chi connectivity index (χ1) is 28.2. The molecular weight excluding hydrogens is 735 g/mol. The van der Waals surface area contributed by atoms with Crippen molar-refractivity contribution in [3.63, 3.8) is 0 Å². The zero-order chi connectivity index (χ0) is 40.5. The maximum absolute atomic E-state index is 6.73. The molecule has 3 aromatic heterocycles. The Balaban J connectivity index is 1.34. The lowest BCUT2D eigenvalue weighted by molar-refractivity contribution is 0.590. The molecule has 0 fully saturated rings. The molecule has 288 valence electrons. The SMILES string of the molecule is CC(C)(C)c1ccc(N2B3c4cc(C(C)(C)C)ccc4-n4c5ccc(C(C)(C)C)cc5c5c6sc7ccccc7c6c(c3c54)-c3cc4c(cc32)oc2ccccc24)cc1. The Kier molecular flexibility index (Phi) is 6.85. The second-order valence-electron chi connectivity index (χ2n) is 20.2. The van der Waals surface area contributed by atoms with Gasteiger partial charge < -0.3 is 13.8 Å². The molecule has 59 heavy (non-hydrogen) atoms. The van der Waals surface area contributed by atoms with E-state index in [4.69, 9.17) is 4.42 Å². The van der Waals surface area contributed by atoms with Crippen molar-refractivity contribution in [1.29, 1.82) is 0 Å². The number of hydrogen-bond donors (Lipinski definition) is 0. The van der Waals surface area contributed by atoms with E-state index in [1.54, 1.807) is 0 Å². The van der Waals surface area contributed by atoms with Gasteiger partial charge in [-0.05, 0) is 98.0 Å². The minimum Gasteiger partial charge on any atom is -0.456 e. The van der Waals surface area contributed by atoms with E-state index in [-0.39, 0.29) is 23.1 Å². The van der Waals surface area contributed by atoms with Crippen molar-refractivity contribution in [2.24, 2.45) is 0 Å². The summed E-state index contributed by atoms with van der Waals surface area (Å²) in [6.45, 7) is 20.8. The van der Waals surface area contributed by atoms with Crippen molar-refractivity contribution in [2.45, 2.75) is 78.6 Å². The number of rotatable bonds is 1. The smallest absolute Gasteiger partial charge is 0.333 e. The van der Waals surface area contributed by atoms with Gasteiger partial charge in [-0.25, -0.2) is 0 Å². The summed E-state index contributed by atoms with van der Waals surface area (Å²) in [5.41, 5.74) is 17.4. The number of aromatic nitrogens is 1. The summed E-state index contributed by atoms with van der Waals surface area (Å²) < 4.78 is 12.1. The molecule has 0 saturated carbocycles. The fourth-order valence-electron chi connectivity index (χ4n) is 10.3. The van der Waals surface area contributed by atoms with Gasteiger partial charge in [0.15, 0.2) is 0 Å². The van der Waals surface area contributed by atoms with Crippen LogP contribution in [0.15, 0.2) is 126 Å². The lowest BCUT2D eigenvalue weighted by Gasteiger charge is -2.42. The number of hydrogen-bond acceptors (Lipinski definition) is 3. The van der Waals surface area contributed by atoms with Gasteiger partial charge in [-0.3, -0.25) is 0 Å². The van der Waals surface area contributed by atoms with Gasteiger partial charge in [0.1, 0.15) is 11.2 Å². The van der Waals surface area contributed by atoms with E-state index < -0.39 is 0 Å². The van der Waals surface area contributed by atoms with Crippen LogP contribution in [0.25, 0.3) is 80.7 Å². The molecule has 0 bridgehead atoms. The third kappa shape index (κ3) is 4.77. The van der Waals surface area contributed by atoms with Crippen LogP contribution in [0.4, 0.5) is 11.4 Å². The van der Waals surface area contributed by atoms with Gasteiger partial charge in [-0.1, -0.05) is 129 Å². The maximum atomic E-state index is 6.73. The van der Waals surface area contributed by atoms with Crippen LogP contribution in [-0.4, -0.2) is 11.4 Å². The number of benzene rings is 7. The van der Waals surface area contributed by atoms with E-state index in [1.165, 1.54) is 97.8 Å². The van der Waals surface area contributed by atoms with Gasteiger partial charge >= 0.3 is 6.85 Å². The first-order valence-electron chi connectivity index (χ1n) is 21.1. The molecule has 0 atom stereocenters. The van der Waals surface area contributed by atoms with Crippen molar-refractivity contribution >= 4 is 104 Å². The van der Waals surface area contributed by atoms with Crippen LogP contribution in [0.3, 0.4) is 0 Å². The van der Waals surface area contributed by atoms with Gasteiger partial charge in [-0.2, -0.15) is 0 Å². The first kappa shape index (κ1) is 35.2. The van der Waals surface area contributed by atoms with Gasteiger partial charge in [0.25, 0.3) is 0 Å². The highest BCUT2D eigenvalue weighted by molar-refractivity contribution is 7.27. The molecule has 7 aromatic carbocycles. The normalized spacial score (nSPS) is 14.1. The molecule has 3 nitrogen and oxygen atoms in total. The van der Waals surface area contributed by atoms with Crippen LogP contribution >= 0.6 is 11.3 Å². The average molecular weight is 783 g/mol. The lowest BCUT2D eigenvalue weighted by atomic mass is 9.43. The third-order valence-electron chi connectivity index (χ3n) is 13.4. The fourth-order valence-corrected chi connectivity index (χ4v) is 11.6. The predicted octanol–water partition coefficient (Wildman–Crippen LogP) is 14.2. The molecule has 10 aromatic rings. The van der Waals surface area contributed by atoms with Crippen LogP contribution in [0, 0.1) is 0 Å². The summed E-state index contributed by atoms with van der Waals surface area (Å²) in [5, 5.41) is 7.71. The second-order valence-corrected chi connectivity index (χ2v) is 21.2. The Morgan fingerprint density at radius 2 is 1.20 bits per heavy atom. The average Bonchev–Trinajstić information content (AvgIpc) is 3.88. The van der Waals surface area contributed by atoms with Crippen LogP contribution in [0.2, 0.25) is 0 Å². The van der Waals surface area contributed by atoms with Gasteiger partial charge in [0, 0.05) is 70.4 Å². The molecule has 0 saturated heterocycles. The Hall–Kier alpha value is -5.78. The van der Waals surface area contributed by atoms with E-state index >= 15 is 0 Å². The van der Waals surface area contributed by atoms with Crippen molar-refractivity contribution in [1.82, 2.24) is 4.57 Å². The monoisotopic (exact) mass is 782 g/mol. The van der Waals surface area contributed by atoms with Crippen LogP contribution < -0.4 is 15.7 Å². The second kappa shape index (κ2) is 11.5. The number of para-hydroxylation sites is 1. The topological polar surface area (TPSA) is 21.3 Å². The highest BCUT2D eigenvalue weighted by Gasteiger charge is 2.46. The third-order valence-corrected chi connectivity index (χ3v) is 14.6. The molecule has 2 aliphatic heterocycles. The van der Waals surface area contributed by atoms with Gasteiger partial charge in [0.05, 0.1) is 11.0 Å². The number of anilines is 2. The van der Waals surface area contributed by atoms with E-state index in [9.17, 15) is 0 Å². The summed E-state index contributed by atoms with van der Waals surface area (Å²) in [6, 6.07) is 46.4. The molecule has 5 heteroatoms. The summed E-state index contributed by atoms with van der Waals surface area (Å²) in [4.78, 5) is 2.66. The zero-order valence-electron chi connectivity index (χ0n) is 35.3. The Morgan fingerprint density at radius 1 is 0.542 bits per heavy atom. The molecule has 0 radical (unpaired) electrons. The highest BCUT2D eigenvalue weighted by atomic mass is 32.1. The summed E-state index contributed by atoms with van der Waals surface area (Å²) in [5.74, 6) is 0. The predicted molar refractivity (Wildman–Crippen MR) is 256 cm³/mol. The molecule has 0 N–H and O–H groups in total. The molecule has 5 heterocycles. The van der Waals surface area contributed by atoms with E-state index in [0.29, 0.717) is 0 Å². The first-order valence-corrected chi connectivity index (χ1v) is 21.9. The number of nitrogens with zero attached hydrogens (tertiary/aromatic N) is 2. The van der Waals surface area contributed by atoms with Crippen molar-refractivity contribution in [3.05, 3.63) is 138 Å². The molecule has 0 unspecified atom stereocenters. The molecular formula is C54H47BN2OS. The van der Waals surface area contributed by atoms with E-state index in [0.717, 1.165) is 21.9 Å². The van der Waals surface area contributed by atoms with E-state index in [1.807, 2.05) is 11.3 Å². The summed E-state index contributed by atoms with van der Waals surface area (Å²) in [7, 11) is 0. The van der Waals surface area contributed by atoms with Crippen LogP contribution in [0.5, 0.6) is 0 Å². The maximum Gasteiger partial charge on any atom is 0.333 e. The summed E-state index contributed by atoms with van der Waals surface area (Å²) in [6.07, 6.45) is 0. The minimum atomic E-state index is -0.0958. The van der Waals surface area contributed by atoms with Crippen molar-refractivity contribution in [3.8, 4) is 16.8 Å². The molecule has 2 aliphatic rings. The van der Waals surface area contributed by atoms with Gasteiger partial charge in [0.2, 0.25) is 0 Å². The molecule has 0 aliphatic carbocycles. The minimum absolute atomic E-state index is 0.00598. The molecule has 12 rings (SSSR count). The van der Waals surface area contributed by atoms with Gasteiger partial charge in [-0.15, -0.1) is 11.3 Å². The molecule has 0 amide bonds. The largest absolute Gasteiger partial charge is 0.456 e. The summed E-state index contributed by atoms with van der Waals surface area (Å²) >= 11 is 1.96. The van der Waals surface area contributed by atoms with Crippen molar-refractivity contribution < 1.29 is 4.42 Å². The number of fused-ring (bicyclic) bond motifs is 16. The Labute approximate surface area is 350 Å². The number of thiophene rings is 1. The fraction of sp³-hybridized carbons (Fsp3) is 0.222. The quantitative estimate of drug-likeness (QED) is 0.155. The van der Waals surface area contributed by atoms with E-state index in [2.05, 4.69) is 193 Å². The number of furan rings is 1. The standard InChI is InChI=1S/C54H47BN2OS/c1-52(2,3)30-18-22-33(23-19-30)57-42-29-44-36(34-14-10-12-16-43(34)58-44)28-38(42)46-47-35-15-11-13-17-45(35)59-51(47)48-37-26-31(53(4,5)6)20-24-40(37)56-41-25-21-32(54(7,8)9)27-39(41)55(57)49(46)50(48)56/h10-29H,1-9H3. The van der Waals surface area contributed by atoms with Crippen LogP contribution in [-0.2, 0) is 16.2 Å². The molecule has 0 spiro atoms. The zero-order valence-corrected chi connectivity index (χ0v) is 36.2. The Morgan fingerprint density at radius 3 is 1.95 bits per heavy atom. The Bertz CT molecular complexity index is 3450. The lowest BCUT2D eigenvalue weighted by Crippen LogP contribution is -2.60.